The van der Waals surface area contributed by atoms with Crippen LogP contribution in [0.5, 0.6) is 5.75 Å². The molecule has 0 saturated heterocycles. The molecule has 0 radical (unpaired) electrons. The summed E-state index contributed by atoms with van der Waals surface area (Å²) < 4.78 is 42.4. The van der Waals surface area contributed by atoms with E-state index < -0.39 is 30.6 Å². The molecule has 2 aromatic carbocycles. The van der Waals surface area contributed by atoms with Gasteiger partial charge in [-0.3, -0.25) is 9.59 Å². The molecule has 0 fully saturated rings. The first-order valence-corrected chi connectivity index (χ1v) is 7.83. The lowest BCUT2D eigenvalue weighted by Crippen LogP contribution is -2.35. The molecule has 2 N–H and O–H groups in total. The van der Waals surface area contributed by atoms with Crippen LogP contribution in [0.15, 0.2) is 48.5 Å². The number of nitrogens with one attached hydrogen (secondary N) is 2. The van der Waals surface area contributed by atoms with E-state index in [-0.39, 0.29) is 11.3 Å². The SMILES string of the molecule is O=C(NCC(F)(F)F)c1ccccc1NC(=O)[C@@H]1Cc2ccccc2O1. The van der Waals surface area contributed by atoms with Crippen molar-refractivity contribution in [3.8, 4) is 5.75 Å². The molecule has 1 aliphatic rings. The number of ether oxygens (including phenoxy) is 1. The van der Waals surface area contributed by atoms with E-state index in [2.05, 4.69) is 5.32 Å². The first-order valence-electron chi connectivity index (χ1n) is 7.83. The van der Waals surface area contributed by atoms with Crippen molar-refractivity contribution in [3.05, 3.63) is 59.7 Å². The number of halogens is 3. The maximum atomic E-state index is 12.4. The molecule has 0 aromatic heterocycles. The third kappa shape index (κ3) is 4.14. The van der Waals surface area contributed by atoms with E-state index in [4.69, 9.17) is 4.74 Å². The molecule has 0 aliphatic carbocycles. The summed E-state index contributed by atoms with van der Waals surface area (Å²) in [6.07, 6.45) is -4.90. The van der Waals surface area contributed by atoms with Crippen LogP contribution in [0.3, 0.4) is 0 Å². The molecule has 0 unspecified atom stereocenters. The number of rotatable bonds is 4. The average molecular weight is 364 g/mol. The van der Waals surface area contributed by atoms with E-state index in [1.165, 1.54) is 18.2 Å². The second kappa shape index (κ2) is 7.07. The Labute approximate surface area is 147 Å². The van der Waals surface area contributed by atoms with E-state index >= 15 is 0 Å². The molecule has 3 rings (SSSR count). The molecule has 5 nitrogen and oxygen atoms in total. The third-order valence-corrected chi connectivity index (χ3v) is 3.82. The minimum absolute atomic E-state index is 0.0550. The van der Waals surface area contributed by atoms with Gasteiger partial charge in [-0.25, -0.2) is 0 Å². The lowest BCUT2D eigenvalue weighted by Gasteiger charge is -2.15. The van der Waals surface area contributed by atoms with Crippen LogP contribution in [0.2, 0.25) is 0 Å². The van der Waals surface area contributed by atoms with Crippen LogP contribution >= 0.6 is 0 Å². The highest BCUT2D eigenvalue weighted by molar-refractivity contribution is 6.04. The predicted molar refractivity (Wildman–Crippen MR) is 88.0 cm³/mol. The lowest BCUT2D eigenvalue weighted by molar-refractivity contribution is -0.123. The van der Waals surface area contributed by atoms with Gasteiger partial charge in [-0.2, -0.15) is 13.2 Å². The number of benzene rings is 2. The maximum Gasteiger partial charge on any atom is 0.405 e. The number of alkyl halides is 3. The van der Waals surface area contributed by atoms with Gasteiger partial charge in [0.15, 0.2) is 6.10 Å². The van der Waals surface area contributed by atoms with Crippen molar-refractivity contribution in [2.24, 2.45) is 0 Å². The van der Waals surface area contributed by atoms with Crippen LogP contribution in [0.1, 0.15) is 15.9 Å². The number of carbonyl (C=O) groups is 2. The van der Waals surface area contributed by atoms with Crippen LogP contribution in [-0.2, 0) is 11.2 Å². The van der Waals surface area contributed by atoms with Gasteiger partial charge in [-0.05, 0) is 23.8 Å². The van der Waals surface area contributed by atoms with Gasteiger partial charge in [0.2, 0.25) is 0 Å². The number of carbonyl (C=O) groups excluding carboxylic acids is 2. The van der Waals surface area contributed by atoms with E-state index in [1.54, 1.807) is 23.5 Å². The van der Waals surface area contributed by atoms with E-state index in [9.17, 15) is 22.8 Å². The molecule has 1 atom stereocenters. The molecule has 1 aliphatic heterocycles. The molecule has 136 valence electrons. The molecule has 26 heavy (non-hydrogen) atoms. The van der Waals surface area contributed by atoms with E-state index in [1.807, 2.05) is 12.1 Å². The van der Waals surface area contributed by atoms with Gasteiger partial charge < -0.3 is 15.4 Å². The zero-order valence-corrected chi connectivity index (χ0v) is 13.5. The summed E-state index contributed by atoms with van der Waals surface area (Å²) in [6.45, 7) is -1.45. The zero-order chi connectivity index (χ0) is 18.7. The van der Waals surface area contributed by atoms with Gasteiger partial charge >= 0.3 is 6.18 Å². The smallest absolute Gasteiger partial charge is 0.405 e. The summed E-state index contributed by atoms with van der Waals surface area (Å²) in [5, 5.41) is 4.35. The number of para-hydroxylation sites is 2. The fourth-order valence-corrected chi connectivity index (χ4v) is 2.61. The van der Waals surface area contributed by atoms with Crippen molar-refractivity contribution in [2.45, 2.75) is 18.7 Å². The van der Waals surface area contributed by atoms with E-state index in [0.29, 0.717) is 12.2 Å². The molecular formula is C18H15F3N2O3. The molecule has 2 amide bonds. The van der Waals surface area contributed by atoms with Crippen molar-refractivity contribution < 1.29 is 27.5 Å². The van der Waals surface area contributed by atoms with Crippen LogP contribution in [0.25, 0.3) is 0 Å². The Morgan fingerprint density at radius 2 is 1.77 bits per heavy atom. The quantitative estimate of drug-likeness (QED) is 0.877. The maximum absolute atomic E-state index is 12.4. The highest BCUT2D eigenvalue weighted by atomic mass is 19.4. The Kier molecular flexibility index (Phi) is 4.83. The van der Waals surface area contributed by atoms with E-state index in [0.717, 1.165) is 5.56 Å². The van der Waals surface area contributed by atoms with Crippen LogP contribution < -0.4 is 15.4 Å². The zero-order valence-electron chi connectivity index (χ0n) is 13.5. The van der Waals surface area contributed by atoms with Crippen molar-refractivity contribution in [2.75, 3.05) is 11.9 Å². The van der Waals surface area contributed by atoms with Gasteiger partial charge in [-0.15, -0.1) is 0 Å². The van der Waals surface area contributed by atoms with Crippen LogP contribution in [0, 0.1) is 0 Å². The van der Waals surface area contributed by atoms with Crippen molar-refractivity contribution >= 4 is 17.5 Å². The highest BCUT2D eigenvalue weighted by Gasteiger charge is 2.30. The molecule has 0 saturated carbocycles. The second-order valence-corrected chi connectivity index (χ2v) is 5.75. The monoisotopic (exact) mass is 364 g/mol. The van der Waals surface area contributed by atoms with Crippen molar-refractivity contribution in [3.63, 3.8) is 0 Å². The average Bonchev–Trinajstić information content (AvgIpc) is 3.04. The van der Waals surface area contributed by atoms with Gasteiger partial charge in [-0.1, -0.05) is 30.3 Å². The van der Waals surface area contributed by atoms with Gasteiger partial charge in [0.25, 0.3) is 11.8 Å². The highest BCUT2D eigenvalue weighted by Crippen LogP contribution is 2.29. The number of anilines is 1. The summed E-state index contributed by atoms with van der Waals surface area (Å²) in [6, 6.07) is 13.1. The number of hydrogen-bond donors (Lipinski definition) is 2. The molecule has 0 spiro atoms. The van der Waals surface area contributed by atoms with Gasteiger partial charge in [0.05, 0.1) is 11.3 Å². The molecular weight excluding hydrogens is 349 g/mol. The first-order chi connectivity index (χ1) is 12.3. The van der Waals surface area contributed by atoms with Crippen LogP contribution in [0.4, 0.5) is 18.9 Å². The third-order valence-electron chi connectivity index (χ3n) is 3.82. The fraction of sp³-hybridized carbons (Fsp3) is 0.222. The summed E-state index contributed by atoms with van der Waals surface area (Å²) in [7, 11) is 0. The second-order valence-electron chi connectivity index (χ2n) is 5.75. The van der Waals surface area contributed by atoms with Crippen molar-refractivity contribution in [1.29, 1.82) is 0 Å². The minimum atomic E-state index is -4.52. The Hall–Kier alpha value is -3.03. The number of hydrogen-bond acceptors (Lipinski definition) is 3. The Bertz CT molecular complexity index is 811. The molecule has 1 heterocycles. The summed E-state index contributed by atoms with van der Waals surface area (Å²) in [5.41, 5.74) is 0.959. The standard InChI is InChI=1S/C18H15F3N2O3/c19-18(20,21)10-22-16(24)12-6-2-3-7-13(12)23-17(25)15-9-11-5-1-4-8-14(11)26-15/h1-8,15H,9-10H2,(H,22,24)(H,23,25)/t15-/m0/s1. The number of fused-ring (bicyclic) bond motifs is 1. The molecule has 2 aromatic rings. The van der Waals surface area contributed by atoms with Crippen molar-refractivity contribution in [1.82, 2.24) is 5.32 Å². The van der Waals surface area contributed by atoms with Gasteiger partial charge in [0.1, 0.15) is 12.3 Å². The summed E-state index contributed by atoms with van der Waals surface area (Å²) >= 11 is 0. The lowest BCUT2D eigenvalue weighted by atomic mass is 10.1. The normalized spacial score (nSPS) is 15.7. The Morgan fingerprint density at radius 3 is 2.50 bits per heavy atom. The predicted octanol–water partition coefficient (Wildman–Crippen LogP) is 2.92. The molecule has 8 heteroatoms. The topological polar surface area (TPSA) is 67.4 Å². The molecule has 0 bridgehead atoms. The van der Waals surface area contributed by atoms with Gasteiger partial charge in [0, 0.05) is 6.42 Å². The first kappa shape index (κ1) is 17.8. The summed E-state index contributed by atoms with van der Waals surface area (Å²) in [4.78, 5) is 24.4. The number of amides is 2. The Morgan fingerprint density at radius 1 is 1.08 bits per heavy atom. The van der Waals surface area contributed by atoms with Crippen LogP contribution in [-0.4, -0.2) is 30.6 Å². The fourth-order valence-electron chi connectivity index (χ4n) is 2.61. The largest absolute Gasteiger partial charge is 0.480 e. The minimum Gasteiger partial charge on any atom is -0.480 e. The Balaban J connectivity index is 1.69. The summed E-state index contributed by atoms with van der Waals surface area (Å²) in [5.74, 6) is -0.782.